The normalized spacial score (nSPS) is 54.2. The van der Waals surface area contributed by atoms with Gasteiger partial charge < -0.3 is 9.84 Å². The molecule has 0 saturated heterocycles. The zero-order chi connectivity index (χ0) is 15.5. The van der Waals surface area contributed by atoms with E-state index in [-0.39, 0.29) is 6.10 Å². The van der Waals surface area contributed by atoms with Gasteiger partial charge >= 0.3 is 0 Å². The van der Waals surface area contributed by atoms with Crippen LogP contribution in [0.25, 0.3) is 0 Å². The highest BCUT2D eigenvalue weighted by Gasteiger charge is 2.57. The van der Waals surface area contributed by atoms with E-state index in [0.717, 1.165) is 37.0 Å². The number of hydrogen-bond acceptors (Lipinski definition) is 2. The first-order chi connectivity index (χ1) is 10.5. The van der Waals surface area contributed by atoms with Crippen molar-refractivity contribution in [1.29, 1.82) is 0 Å². The van der Waals surface area contributed by atoms with E-state index in [1.807, 2.05) is 7.11 Å². The van der Waals surface area contributed by atoms with Gasteiger partial charge in [-0.15, -0.1) is 0 Å². The molecule has 7 atom stereocenters. The quantitative estimate of drug-likeness (QED) is 0.731. The molecule has 0 bridgehead atoms. The van der Waals surface area contributed by atoms with Crippen LogP contribution >= 0.6 is 0 Å². The maximum atomic E-state index is 10.2. The third-order valence-corrected chi connectivity index (χ3v) is 8.14. The molecule has 4 aliphatic carbocycles. The standard InChI is InChI=1S/C20H32O2/c1-19-8-7-17-16(18(19)11-14(21)12-19)5-4-13-10-15(22-3)6-9-20(13,17)2/h4,14-18,21H,5-12H2,1-3H3/t14-,15+,16+,17-,18-,19+,20-/m0/s1. The second-order valence-corrected chi connectivity index (χ2v) is 9.15. The summed E-state index contributed by atoms with van der Waals surface area (Å²) < 4.78 is 5.65. The largest absolute Gasteiger partial charge is 0.393 e. The Labute approximate surface area is 135 Å². The lowest BCUT2D eigenvalue weighted by Gasteiger charge is -2.57. The Hall–Kier alpha value is -0.340. The highest BCUT2D eigenvalue weighted by atomic mass is 16.5. The summed E-state index contributed by atoms with van der Waals surface area (Å²) >= 11 is 0. The Morgan fingerprint density at radius 2 is 2.00 bits per heavy atom. The minimum absolute atomic E-state index is 0.0452. The molecule has 0 aliphatic heterocycles. The van der Waals surface area contributed by atoms with Crippen molar-refractivity contribution < 1.29 is 9.84 Å². The van der Waals surface area contributed by atoms with Crippen molar-refractivity contribution in [2.75, 3.05) is 7.11 Å². The molecule has 0 amide bonds. The zero-order valence-electron chi connectivity index (χ0n) is 14.5. The van der Waals surface area contributed by atoms with Crippen molar-refractivity contribution in [3.05, 3.63) is 11.6 Å². The zero-order valence-corrected chi connectivity index (χ0v) is 14.5. The van der Waals surface area contributed by atoms with Gasteiger partial charge in [0.05, 0.1) is 12.2 Å². The van der Waals surface area contributed by atoms with Crippen molar-refractivity contribution in [3.63, 3.8) is 0 Å². The van der Waals surface area contributed by atoms with Gasteiger partial charge in [-0.3, -0.25) is 0 Å². The number of ether oxygens (including phenoxy) is 1. The molecule has 0 heterocycles. The lowest BCUT2D eigenvalue weighted by molar-refractivity contribution is -0.0409. The average Bonchev–Trinajstić information content (AvgIpc) is 2.80. The second-order valence-electron chi connectivity index (χ2n) is 9.15. The van der Waals surface area contributed by atoms with Gasteiger partial charge in [-0.1, -0.05) is 25.5 Å². The SMILES string of the molecule is CO[C@@H]1CC[C@@]2(C)C(=CC[C@H]3[C@@H]4C[C@H](O)C[C@@]4(C)CC[C@@H]32)C1. The predicted octanol–water partition coefficient (Wildman–Crippen LogP) is 4.33. The van der Waals surface area contributed by atoms with E-state index < -0.39 is 0 Å². The second kappa shape index (κ2) is 5.08. The topological polar surface area (TPSA) is 29.5 Å². The van der Waals surface area contributed by atoms with Crippen molar-refractivity contribution >= 4 is 0 Å². The van der Waals surface area contributed by atoms with E-state index in [4.69, 9.17) is 4.74 Å². The molecule has 4 aliphatic rings. The van der Waals surface area contributed by atoms with Gasteiger partial charge in [-0.25, -0.2) is 0 Å². The minimum atomic E-state index is -0.0452. The predicted molar refractivity (Wildman–Crippen MR) is 88.5 cm³/mol. The summed E-state index contributed by atoms with van der Waals surface area (Å²) in [6.07, 6.45) is 12.7. The van der Waals surface area contributed by atoms with Crippen LogP contribution in [0.1, 0.15) is 65.2 Å². The molecule has 0 aromatic rings. The third kappa shape index (κ3) is 2.06. The monoisotopic (exact) mass is 304 g/mol. The average molecular weight is 304 g/mol. The maximum absolute atomic E-state index is 10.2. The molecule has 124 valence electrons. The number of rotatable bonds is 1. The van der Waals surface area contributed by atoms with Gasteiger partial charge in [0.2, 0.25) is 0 Å². The molecule has 22 heavy (non-hydrogen) atoms. The summed E-state index contributed by atoms with van der Waals surface area (Å²) in [5.74, 6) is 2.40. The van der Waals surface area contributed by atoms with Crippen LogP contribution in [0, 0.1) is 28.6 Å². The Morgan fingerprint density at radius 1 is 1.18 bits per heavy atom. The fourth-order valence-electron chi connectivity index (χ4n) is 6.85. The van der Waals surface area contributed by atoms with Crippen LogP contribution in [-0.4, -0.2) is 24.4 Å². The lowest BCUT2D eigenvalue weighted by atomic mass is 9.48. The van der Waals surface area contributed by atoms with Crippen LogP contribution < -0.4 is 0 Å². The minimum Gasteiger partial charge on any atom is -0.393 e. The van der Waals surface area contributed by atoms with E-state index in [2.05, 4.69) is 19.9 Å². The van der Waals surface area contributed by atoms with Crippen LogP contribution in [-0.2, 0) is 4.74 Å². The number of aliphatic hydroxyl groups is 1. The Kier molecular flexibility index (Phi) is 3.51. The summed E-state index contributed by atoms with van der Waals surface area (Å²) in [6, 6.07) is 0. The molecule has 3 saturated carbocycles. The highest BCUT2D eigenvalue weighted by molar-refractivity contribution is 5.25. The van der Waals surface area contributed by atoms with Crippen molar-refractivity contribution in [3.8, 4) is 0 Å². The molecule has 0 aromatic heterocycles. The number of allylic oxidation sites excluding steroid dienone is 1. The maximum Gasteiger partial charge on any atom is 0.0608 e. The molecule has 0 spiro atoms. The molecule has 3 fully saturated rings. The van der Waals surface area contributed by atoms with Crippen molar-refractivity contribution in [2.45, 2.75) is 77.4 Å². The molecule has 1 N–H and O–H groups in total. The molecule has 2 nitrogen and oxygen atoms in total. The van der Waals surface area contributed by atoms with E-state index in [0.29, 0.717) is 16.9 Å². The first-order valence-electron chi connectivity index (χ1n) is 9.37. The Morgan fingerprint density at radius 3 is 2.77 bits per heavy atom. The van der Waals surface area contributed by atoms with E-state index in [1.54, 1.807) is 5.57 Å². The van der Waals surface area contributed by atoms with Crippen molar-refractivity contribution in [1.82, 2.24) is 0 Å². The number of fused-ring (bicyclic) bond motifs is 5. The summed E-state index contributed by atoms with van der Waals surface area (Å²) in [5, 5.41) is 10.2. The highest BCUT2D eigenvalue weighted by Crippen LogP contribution is 2.64. The molecular weight excluding hydrogens is 272 g/mol. The van der Waals surface area contributed by atoms with Gasteiger partial charge in [-0.05, 0) is 80.0 Å². The van der Waals surface area contributed by atoms with Gasteiger partial charge in [0.25, 0.3) is 0 Å². The summed E-state index contributed by atoms with van der Waals surface area (Å²) in [7, 11) is 1.87. The lowest BCUT2D eigenvalue weighted by Crippen LogP contribution is -2.49. The van der Waals surface area contributed by atoms with Gasteiger partial charge in [0, 0.05) is 7.11 Å². The van der Waals surface area contributed by atoms with Gasteiger partial charge in [-0.2, -0.15) is 0 Å². The van der Waals surface area contributed by atoms with Crippen LogP contribution in [0.3, 0.4) is 0 Å². The molecule has 0 radical (unpaired) electrons. The van der Waals surface area contributed by atoms with Crippen LogP contribution in [0.2, 0.25) is 0 Å². The molecular formula is C20H32O2. The first-order valence-corrected chi connectivity index (χ1v) is 9.37. The summed E-state index contributed by atoms with van der Waals surface area (Å²) in [4.78, 5) is 0. The van der Waals surface area contributed by atoms with E-state index >= 15 is 0 Å². The van der Waals surface area contributed by atoms with Crippen molar-refractivity contribution in [2.24, 2.45) is 28.6 Å². The number of aliphatic hydroxyl groups excluding tert-OH is 1. The summed E-state index contributed by atoms with van der Waals surface area (Å²) in [5.41, 5.74) is 2.51. The Bertz CT molecular complexity index is 484. The Balaban J connectivity index is 1.64. The van der Waals surface area contributed by atoms with E-state index in [9.17, 15) is 5.11 Å². The smallest absolute Gasteiger partial charge is 0.0608 e. The number of hydrogen-bond donors (Lipinski definition) is 1. The summed E-state index contributed by atoms with van der Waals surface area (Å²) in [6.45, 7) is 4.99. The van der Waals surface area contributed by atoms with Crippen LogP contribution in [0.5, 0.6) is 0 Å². The fourth-order valence-corrected chi connectivity index (χ4v) is 6.85. The van der Waals surface area contributed by atoms with Crippen LogP contribution in [0.4, 0.5) is 0 Å². The molecule has 0 aromatic carbocycles. The fraction of sp³-hybridized carbons (Fsp3) is 0.900. The van der Waals surface area contributed by atoms with Gasteiger partial charge in [0.1, 0.15) is 0 Å². The number of methoxy groups -OCH3 is 1. The molecule has 4 rings (SSSR count). The van der Waals surface area contributed by atoms with E-state index in [1.165, 1.54) is 32.1 Å². The third-order valence-electron chi connectivity index (χ3n) is 8.14. The first kappa shape index (κ1) is 15.2. The van der Waals surface area contributed by atoms with Crippen LogP contribution in [0.15, 0.2) is 11.6 Å². The molecule has 2 heteroatoms. The van der Waals surface area contributed by atoms with Gasteiger partial charge in [0.15, 0.2) is 0 Å². The molecule has 0 unspecified atom stereocenters.